The molecule has 0 fully saturated rings. The molecule has 0 aliphatic heterocycles. The number of para-hydroxylation sites is 2. The molecule has 1 heterocycles. The maximum Gasteiger partial charge on any atom is 0.411 e. The topological polar surface area (TPSA) is 54.7 Å². The Bertz CT molecular complexity index is 1140. The maximum atomic E-state index is 12.1. The molecule has 0 saturated heterocycles. The lowest BCUT2D eigenvalue weighted by Crippen LogP contribution is -2.41. The summed E-state index contributed by atoms with van der Waals surface area (Å²) < 4.78 is 7.28. The number of fused-ring (bicyclic) bond motifs is 3. The second kappa shape index (κ2) is 12.6. The number of aromatic nitrogens is 1. The van der Waals surface area contributed by atoms with Crippen LogP contribution >= 0.6 is 0 Å². The summed E-state index contributed by atoms with van der Waals surface area (Å²) in [4.78, 5) is 13.5. The highest BCUT2D eigenvalue weighted by atomic mass is 16.6. The fourth-order valence-electron chi connectivity index (χ4n) is 3.87. The number of carbonyl (C=O) groups is 1. The molecule has 5 nitrogen and oxygen atoms in total. The van der Waals surface area contributed by atoms with Gasteiger partial charge in [-0.05, 0) is 50.2 Å². The second-order valence-corrected chi connectivity index (χ2v) is 7.84. The van der Waals surface area contributed by atoms with Gasteiger partial charge in [-0.25, -0.2) is 4.79 Å². The van der Waals surface area contributed by atoms with E-state index in [9.17, 15) is 9.90 Å². The molecule has 1 N–H and O–H groups in total. The molecule has 172 valence electrons. The van der Waals surface area contributed by atoms with Crippen LogP contribution in [0, 0.1) is 23.7 Å². The summed E-state index contributed by atoms with van der Waals surface area (Å²) in [6.45, 7) is 5.18. The first-order chi connectivity index (χ1) is 16.2. The zero-order chi connectivity index (χ0) is 23.5. The lowest BCUT2D eigenvalue weighted by atomic mass is 10.2. The number of ether oxygens (including phenoxy) is 1. The summed E-state index contributed by atoms with van der Waals surface area (Å²) >= 11 is 0. The number of carbonyl (C=O) groups excluding carboxylic acids is 1. The van der Waals surface area contributed by atoms with Gasteiger partial charge < -0.3 is 14.4 Å². The van der Waals surface area contributed by atoms with Gasteiger partial charge in [0.15, 0.2) is 0 Å². The Labute approximate surface area is 196 Å². The van der Waals surface area contributed by atoms with E-state index in [4.69, 9.17) is 4.74 Å². The molecule has 1 unspecified atom stereocenters. The molecular formula is C28H32N2O3. The molecule has 3 aromatic rings. The van der Waals surface area contributed by atoms with Gasteiger partial charge in [-0.3, -0.25) is 4.90 Å². The Morgan fingerprint density at radius 1 is 1.00 bits per heavy atom. The summed E-state index contributed by atoms with van der Waals surface area (Å²) in [7, 11) is 0. The quantitative estimate of drug-likeness (QED) is 0.267. The van der Waals surface area contributed by atoms with E-state index in [1.807, 2.05) is 19.1 Å². The molecule has 0 radical (unpaired) electrons. The van der Waals surface area contributed by atoms with Crippen LogP contribution in [0.3, 0.4) is 0 Å². The van der Waals surface area contributed by atoms with Crippen molar-refractivity contribution in [3.05, 3.63) is 48.5 Å². The molecule has 5 heteroatoms. The van der Waals surface area contributed by atoms with Gasteiger partial charge in [0.2, 0.25) is 0 Å². The molecule has 1 atom stereocenters. The lowest BCUT2D eigenvalue weighted by molar-refractivity contribution is -0.00521. The highest BCUT2D eigenvalue weighted by molar-refractivity contribution is 6.08. The smallest absolute Gasteiger partial charge is 0.411 e. The third-order valence-corrected chi connectivity index (χ3v) is 5.54. The van der Waals surface area contributed by atoms with Gasteiger partial charge in [0.05, 0.1) is 13.2 Å². The van der Waals surface area contributed by atoms with E-state index in [0.717, 1.165) is 12.8 Å². The third-order valence-electron chi connectivity index (χ3n) is 5.54. The number of rotatable bonds is 9. The van der Waals surface area contributed by atoms with Crippen LogP contribution in [-0.2, 0) is 11.3 Å². The van der Waals surface area contributed by atoms with Crippen LogP contribution in [0.25, 0.3) is 21.8 Å². The van der Waals surface area contributed by atoms with Gasteiger partial charge in [0, 0.05) is 34.8 Å². The van der Waals surface area contributed by atoms with E-state index in [2.05, 4.69) is 64.6 Å². The van der Waals surface area contributed by atoms with Crippen molar-refractivity contribution in [1.29, 1.82) is 0 Å². The number of hydrogen-bond acceptors (Lipinski definition) is 3. The van der Waals surface area contributed by atoms with Gasteiger partial charge in [-0.15, -0.1) is 0 Å². The highest BCUT2D eigenvalue weighted by Crippen LogP contribution is 2.28. The molecule has 0 aliphatic carbocycles. The van der Waals surface area contributed by atoms with Crippen LogP contribution < -0.4 is 0 Å². The predicted octanol–water partition coefficient (Wildman–Crippen LogP) is 5.55. The van der Waals surface area contributed by atoms with E-state index in [-0.39, 0.29) is 0 Å². The van der Waals surface area contributed by atoms with Crippen LogP contribution in [0.5, 0.6) is 0 Å². The zero-order valence-electron chi connectivity index (χ0n) is 19.5. The second-order valence-electron chi connectivity index (χ2n) is 7.84. The Morgan fingerprint density at radius 2 is 1.64 bits per heavy atom. The zero-order valence-corrected chi connectivity index (χ0v) is 19.5. The molecule has 0 aliphatic rings. The van der Waals surface area contributed by atoms with Gasteiger partial charge in [0.1, 0.15) is 6.23 Å². The summed E-state index contributed by atoms with van der Waals surface area (Å²) in [5.41, 5.74) is 2.34. The molecule has 1 aromatic heterocycles. The maximum absolute atomic E-state index is 12.1. The minimum Gasteiger partial charge on any atom is -0.450 e. The Balaban J connectivity index is 1.53. The average molecular weight is 445 g/mol. The SMILES string of the molecule is CCCCN(C(=O)OCC)C(O)CCCC#CC#CCn1c2ccccc2c2ccccc21. The van der Waals surface area contributed by atoms with Gasteiger partial charge in [0.25, 0.3) is 0 Å². The molecule has 0 spiro atoms. The predicted molar refractivity (Wildman–Crippen MR) is 133 cm³/mol. The minimum absolute atomic E-state index is 0.299. The first-order valence-electron chi connectivity index (χ1n) is 11.7. The number of amides is 1. The molecule has 0 saturated carbocycles. The fraction of sp³-hybridized carbons (Fsp3) is 0.393. The van der Waals surface area contributed by atoms with Gasteiger partial charge in [-0.1, -0.05) is 61.6 Å². The average Bonchev–Trinajstić information content (AvgIpc) is 3.15. The Hall–Kier alpha value is -3.41. The standard InChI is InChI=1S/C28H32N2O3/c1-3-5-21-30(28(32)33-4-2)27(31)20-10-8-6-7-9-15-22-29-25-18-13-11-16-23(25)24-17-12-14-19-26(24)29/h11-14,16-19,27,31H,3-5,8,10,20-22H2,1-2H3. The number of hydrogen-bond donors (Lipinski definition) is 1. The van der Waals surface area contributed by atoms with Crippen LogP contribution in [0.2, 0.25) is 0 Å². The Morgan fingerprint density at radius 3 is 2.27 bits per heavy atom. The van der Waals surface area contributed by atoms with Crippen molar-refractivity contribution in [3.8, 4) is 23.7 Å². The monoisotopic (exact) mass is 444 g/mol. The molecular weight excluding hydrogens is 412 g/mol. The molecule has 1 amide bonds. The number of benzene rings is 2. The van der Waals surface area contributed by atoms with Crippen LogP contribution in [0.15, 0.2) is 48.5 Å². The van der Waals surface area contributed by atoms with E-state index in [1.165, 1.54) is 26.7 Å². The Kier molecular flexibility index (Phi) is 9.24. The highest BCUT2D eigenvalue weighted by Gasteiger charge is 2.21. The van der Waals surface area contributed by atoms with E-state index >= 15 is 0 Å². The van der Waals surface area contributed by atoms with Crippen LogP contribution in [-0.4, -0.2) is 40.0 Å². The van der Waals surface area contributed by atoms with Gasteiger partial charge in [-0.2, -0.15) is 0 Å². The summed E-state index contributed by atoms with van der Waals surface area (Å²) in [5, 5.41) is 12.9. The largest absolute Gasteiger partial charge is 0.450 e. The lowest BCUT2D eigenvalue weighted by Gasteiger charge is -2.26. The number of aliphatic hydroxyl groups is 1. The summed E-state index contributed by atoms with van der Waals surface area (Å²) in [6.07, 6.45) is 2.24. The van der Waals surface area contributed by atoms with Crippen molar-refractivity contribution < 1.29 is 14.6 Å². The molecule has 3 rings (SSSR count). The minimum atomic E-state index is -0.848. The van der Waals surface area contributed by atoms with E-state index in [1.54, 1.807) is 6.92 Å². The van der Waals surface area contributed by atoms with Crippen LogP contribution in [0.1, 0.15) is 46.0 Å². The van der Waals surface area contributed by atoms with Crippen LogP contribution in [0.4, 0.5) is 4.79 Å². The van der Waals surface area contributed by atoms with Crippen molar-refractivity contribution in [2.45, 2.75) is 58.7 Å². The third kappa shape index (κ3) is 6.31. The first-order valence-corrected chi connectivity index (χ1v) is 11.7. The van der Waals surface area contributed by atoms with Crippen molar-refractivity contribution in [1.82, 2.24) is 9.47 Å². The van der Waals surface area contributed by atoms with E-state index < -0.39 is 12.3 Å². The number of unbranched alkanes of at least 4 members (excludes halogenated alkanes) is 2. The van der Waals surface area contributed by atoms with Crippen molar-refractivity contribution in [2.75, 3.05) is 13.2 Å². The van der Waals surface area contributed by atoms with Crippen molar-refractivity contribution in [2.24, 2.45) is 0 Å². The molecule has 0 bridgehead atoms. The van der Waals surface area contributed by atoms with Crippen molar-refractivity contribution in [3.63, 3.8) is 0 Å². The summed E-state index contributed by atoms with van der Waals surface area (Å²) in [5.74, 6) is 12.1. The first kappa shape index (κ1) is 24.2. The molecule has 33 heavy (non-hydrogen) atoms. The van der Waals surface area contributed by atoms with E-state index in [0.29, 0.717) is 39.0 Å². The number of aliphatic hydroxyl groups excluding tert-OH is 1. The normalized spacial score (nSPS) is 11.4. The fourth-order valence-corrected chi connectivity index (χ4v) is 3.87. The summed E-state index contributed by atoms with van der Waals surface area (Å²) in [6, 6.07) is 16.7. The van der Waals surface area contributed by atoms with Gasteiger partial charge >= 0.3 is 6.09 Å². The molecule has 2 aromatic carbocycles. The van der Waals surface area contributed by atoms with Crippen molar-refractivity contribution >= 4 is 27.9 Å². The number of nitrogens with zero attached hydrogens (tertiary/aromatic N) is 2.